The Hall–Kier alpha value is -3.32. The summed E-state index contributed by atoms with van der Waals surface area (Å²) in [7, 11) is 1.72. The number of pyridine rings is 1. The van der Waals surface area contributed by atoms with E-state index in [9.17, 15) is 9.59 Å². The van der Waals surface area contributed by atoms with Crippen molar-refractivity contribution in [2.45, 2.75) is 47.1 Å². The third-order valence-electron chi connectivity index (χ3n) is 5.91. The molecule has 1 atom stereocenters. The average molecular weight is 492 g/mol. The quantitative estimate of drug-likeness (QED) is 0.279. The summed E-state index contributed by atoms with van der Waals surface area (Å²) in [5, 5.41) is 3.98. The summed E-state index contributed by atoms with van der Waals surface area (Å²) in [6.45, 7) is 9.76. The monoisotopic (exact) mass is 491 g/mol. The topological polar surface area (TPSA) is 75.4 Å². The molecule has 3 rings (SSSR count). The van der Waals surface area contributed by atoms with Crippen molar-refractivity contribution < 1.29 is 9.21 Å². The van der Waals surface area contributed by atoms with Gasteiger partial charge in [-0.15, -0.1) is 0 Å². The van der Waals surface area contributed by atoms with E-state index in [4.69, 9.17) is 4.42 Å². The van der Waals surface area contributed by atoms with Crippen LogP contribution in [0, 0.1) is 13.8 Å². The Balaban J connectivity index is 2.16. The summed E-state index contributed by atoms with van der Waals surface area (Å²) in [4.78, 5) is 30.5. The summed E-state index contributed by atoms with van der Waals surface area (Å²) in [5.74, 6) is 0.387. The van der Waals surface area contributed by atoms with E-state index < -0.39 is 0 Å². The minimum absolute atomic E-state index is 0.0403. The third-order valence-corrected chi connectivity index (χ3v) is 6.62. The van der Waals surface area contributed by atoms with E-state index in [-0.39, 0.29) is 17.4 Å². The number of amides is 1. The molecule has 0 aliphatic heterocycles. The van der Waals surface area contributed by atoms with Gasteiger partial charge in [-0.2, -0.15) is 0 Å². The predicted molar refractivity (Wildman–Crippen MR) is 147 cm³/mol. The molecule has 0 aliphatic rings. The summed E-state index contributed by atoms with van der Waals surface area (Å²) in [6, 6.07) is 7.26. The Morgan fingerprint density at radius 2 is 2.06 bits per heavy atom. The van der Waals surface area contributed by atoms with E-state index in [0.29, 0.717) is 33.7 Å². The van der Waals surface area contributed by atoms with Crippen LogP contribution in [0.4, 0.5) is 5.69 Å². The highest BCUT2D eigenvalue weighted by Gasteiger charge is 2.22. The lowest BCUT2D eigenvalue weighted by Crippen LogP contribution is -2.22. The normalized spacial score (nSPS) is 12.8. The first kappa shape index (κ1) is 26.3. The number of benzene rings is 1. The van der Waals surface area contributed by atoms with E-state index in [1.165, 1.54) is 16.3 Å². The molecule has 0 bridgehead atoms. The van der Waals surface area contributed by atoms with E-state index in [0.717, 1.165) is 23.1 Å². The predicted octanol–water partition coefficient (Wildman–Crippen LogP) is 6.70. The van der Waals surface area contributed by atoms with Crippen LogP contribution in [0.15, 0.2) is 57.9 Å². The number of hydrogen-bond donors (Lipinski definition) is 1. The van der Waals surface area contributed by atoms with Crippen LogP contribution in [0.3, 0.4) is 0 Å². The van der Waals surface area contributed by atoms with Gasteiger partial charge in [-0.05, 0) is 57.9 Å². The second kappa shape index (κ2) is 11.4. The highest BCUT2D eigenvalue weighted by atomic mass is 32.2. The molecule has 0 saturated heterocycles. The standard InChI is InChI=1S/C28H33N3O3S/c1-8-10-12-20(9-2)26-18(4)25(32)22-16-17(3)15-21(27(22)34-26)19(5)30-23-13-11-14-29-24(23)28(33)31(6)35-7/h9-16,19,30H,8H2,1-7H3/b12-10-,20-9+. The summed E-state index contributed by atoms with van der Waals surface area (Å²) < 4.78 is 7.99. The second-order valence-corrected chi connectivity index (χ2v) is 9.33. The molecule has 0 saturated carbocycles. The number of carbonyl (C=O) groups is 1. The number of aryl methyl sites for hydroxylation is 1. The maximum atomic E-state index is 13.4. The van der Waals surface area contributed by atoms with Crippen molar-refractivity contribution in [2.24, 2.45) is 0 Å². The van der Waals surface area contributed by atoms with Gasteiger partial charge in [0, 0.05) is 36.2 Å². The molecule has 1 unspecified atom stereocenters. The zero-order chi connectivity index (χ0) is 25.7. The number of anilines is 1. The number of aromatic nitrogens is 1. The van der Waals surface area contributed by atoms with Crippen molar-refractivity contribution >= 4 is 40.1 Å². The molecule has 6 nitrogen and oxygen atoms in total. The number of nitrogens with one attached hydrogen (secondary N) is 1. The minimum Gasteiger partial charge on any atom is -0.455 e. The van der Waals surface area contributed by atoms with Crippen LogP contribution >= 0.6 is 11.9 Å². The molecular weight excluding hydrogens is 458 g/mol. The molecule has 184 valence electrons. The van der Waals surface area contributed by atoms with E-state index in [1.807, 2.05) is 70.4 Å². The van der Waals surface area contributed by atoms with Crippen molar-refractivity contribution in [1.29, 1.82) is 0 Å². The van der Waals surface area contributed by atoms with Crippen LogP contribution < -0.4 is 10.7 Å². The van der Waals surface area contributed by atoms with Gasteiger partial charge in [0.1, 0.15) is 11.3 Å². The van der Waals surface area contributed by atoms with Crippen molar-refractivity contribution in [3.8, 4) is 0 Å². The van der Waals surface area contributed by atoms with E-state index in [1.54, 1.807) is 19.3 Å². The molecule has 0 aliphatic carbocycles. The largest absolute Gasteiger partial charge is 0.455 e. The van der Waals surface area contributed by atoms with Gasteiger partial charge < -0.3 is 9.73 Å². The number of carbonyl (C=O) groups excluding carboxylic acids is 1. The molecule has 1 aromatic carbocycles. The zero-order valence-electron chi connectivity index (χ0n) is 21.4. The van der Waals surface area contributed by atoms with Gasteiger partial charge in [-0.3, -0.25) is 13.9 Å². The number of allylic oxidation sites excluding steroid dienone is 4. The molecule has 7 heteroatoms. The first-order valence-electron chi connectivity index (χ1n) is 11.7. The van der Waals surface area contributed by atoms with Gasteiger partial charge in [0.15, 0.2) is 11.1 Å². The Labute approximate surface area is 211 Å². The van der Waals surface area contributed by atoms with Gasteiger partial charge in [0.25, 0.3) is 5.91 Å². The van der Waals surface area contributed by atoms with Crippen molar-refractivity contribution in [2.75, 3.05) is 18.6 Å². The van der Waals surface area contributed by atoms with Gasteiger partial charge in [0.2, 0.25) is 0 Å². The van der Waals surface area contributed by atoms with Crippen molar-refractivity contribution in [1.82, 2.24) is 9.29 Å². The van der Waals surface area contributed by atoms with Gasteiger partial charge in [0.05, 0.1) is 17.1 Å². The van der Waals surface area contributed by atoms with Crippen LogP contribution in [0.25, 0.3) is 16.5 Å². The van der Waals surface area contributed by atoms with Crippen LogP contribution in [0.5, 0.6) is 0 Å². The summed E-state index contributed by atoms with van der Waals surface area (Å²) in [5.41, 5.74) is 4.72. The Morgan fingerprint density at radius 3 is 2.71 bits per heavy atom. The molecule has 2 aromatic heterocycles. The first-order chi connectivity index (χ1) is 16.7. The lowest BCUT2D eigenvalue weighted by atomic mass is 9.98. The van der Waals surface area contributed by atoms with Crippen molar-refractivity contribution in [3.63, 3.8) is 0 Å². The lowest BCUT2D eigenvalue weighted by molar-refractivity contribution is 0.0888. The maximum absolute atomic E-state index is 13.4. The average Bonchev–Trinajstić information content (AvgIpc) is 2.86. The Kier molecular flexibility index (Phi) is 8.57. The smallest absolute Gasteiger partial charge is 0.284 e. The zero-order valence-corrected chi connectivity index (χ0v) is 22.2. The molecule has 3 aromatic rings. The van der Waals surface area contributed by atoms with Gasteiger partial charge in [-0.1, -0.05) is 43.2 Å². The second-order valence-electron chi connectivity index (χ2n) is 8.42. The highest BCUT2D eigenvalue weighted by Crippen LogP contribution is 2.31. The molecule has 0 spiro atoms. The molecule has 2 heterocycles. The molecule has 1 N–H and O–H groups in total. The number of nitrogens with zero attached hydrogens (tertiary/aromatic N) is 2. The first-order valence-corrected chi connectivity index (χ1v) is 12.9. The summed E-state index contributed by atoms with van der Waals surface area (Å²) in [6.07, 6.45) is 10.3. The van der Waals surface area contributed by atoms with E-state index in [2.05, 4.69) is 17.2 Å². The Morgan fingerprint density at radius 1 is 1.31 bits per heavy atom. The number of fused-ring (bicyclic) bond motifs is 1. The molecule has 0 fully saturated rings. The van der Waals surface area contributed by atoms with Gasteiger partial charge >= 0.3 is 0 Å². The summed E-state index contributed by atoms with van der Waals surface area (Å²) >= 11 is 1.33. The highest BCUT2D eigenvalue weighted by molar-refractivity contribution is 7.96. The third kappa shape index (κ3) is 5.51. The fourth-order valence-corrected chi connectivity index (χ4v) is 4.20. The molecular formula is C28H33N3O3S. The maximum Gasteiger partial charge on any atom is 0.284 e. The van der Waals surface area contributed by atoms with Gasteiger partial charge in [-0.25, -0.2) is 4.98 Å². The lowest BCUT2D eigenvalue weighted by Gasteiger charge is -2.21. The Bertz CT molecular complexity index is 1360. The van der Waals surface area contributed by atoms with E-state index >= 15 is 0 Å². The molecule has 1 amide bonds. The molecule has 0 radical (unpaired) electrons. The molecule has 35 heavy (non-hydrogen) atoms. The van der Waals surface area contributed by atoms with Crippen LogP contribution in [0.1, 0.15) is 66.2 Å². The minimum atomic E-state index is -0.258. The van der Waals surface area contributed by atoms with Crippen molar-refractivity contribution in [3.05, 3.63) is 87.1 Å². The van der Waals surface area contributed by atoms with Crippen LogP contribution in [-0.2, 0) is 0 Å². The SMILES string of the molecule is C/C=C(\C=C/CC)c1oc2c(C(C)Nc3cccnc3C(=O)N(C)SC)cc(C)cc2c(=O)c1C. The fourth-order valence-electron chi connectivity index (χ4n) is 3.95. The van der Waals surface area contributed by atoms with Crippen LogP contribution in [0.2, 0.25) is 0 Å². The van der Waals surface area contributed by atoms with Crippen LogP contribution in [-0.4, -0.2) is 28.5 Å². The number of rotatable bonds is 8. The number of hydrogen-bond acceptors (Lipinski definition) is 6. The fraction of sp³-hybridized carbons (Fsp3) is 0.321.